The molecule has 0 aliphatic heterocycles. The van der Waals surface area contributed by atoms with Gasteiger partial charge >= 0.3 is 0 Å². The molecule has 1 heterocycles. The number of rotatable bonds is 6. The Bertz CT molecular complexity index is 1240. The van der Waals surface area contributed by atoms with Crippen molar-refractivity contribution in [1.29, 1.82) is 0 Å². The zero-order valence-corrected chi connectivity index (χ0v) is 18.6. The van der Waals surface area contributed by atoms with Gasteiger partial charge in [-0.3, -0.25) is 4.79 Å². The molecule has 0 radical (unpaired) electrons. The van der Waals surface area contributed by atoms with E-state index >= 15 is 0 Å². The summed E-state index contributed by atoms with van der Waals surface area (Å²) in [5.74, 6) is 2.94. The maximum atomic E-state index is 12.9. The number of anilines is 1. The minimum Gasteiger partial charge on any atom is -0.497 e. The van der Waals surface area contributed by atoms with Crippen LogP contribution < -0.4 is 14.8 Å². The zero-order valence-electron chi connectivity index (χ0n) is 18.6. The first-order chi connectivity index (χ1) is 15.5. The van der Waals surface area contributed by atoms with Gasteiger partial charge in [0.1, 0.15) is 23.0 Å². The van der Waals surface area contributed by atoms with Crippen LogP contribution in [0.2, 0.25) is 0 Å². The maximum absolute atomic E-state index is 12.9. The predicted octanol–water partition coefficient (Wildman–Crippen LogP) is 6.50. The molecule has 0 saturated carbocycles. The highest BCUT2D eigenvalue weighted by Crippen LogP contribution is 2.34. The van der Waals surface area contributed by atoms with Gasteiger partial charge in [-0.05, 0) is 79.6 Å². The SMILES string of the molecule is COc1ccc(-c2cccc(C(=O)Nc3ccc(-c4cc(C)c(C)o4)cc3)c2)c(OC)c1. The van der Waals surface area contributed by atoms with E-state index in [1.54, 1.807) is 20.3 Å². The molecular formula is C27H25NO4. The molecule has 4 rings (SSSR count). The molecule has 0 unspecified atom stereocenters. The van der Waals surface area contributed by atoms with Crippen LogP contribution in [0, 0.1) is 13.8 Å². The van der Waals surface area contributed by atoms with Crippen LogP contribution in [0.5, 0.6) is 11.5 Å². The lowest BCUT2D eigenvalue weighted by Crippen LogP contribution is -2.11. The first-order valence-corrected chi connectivity index (χ1v) is 10.3. The molecule has 4 aromatic rings. The third-order valence-corrected chi connectivity index (χ3v) is 5.44. The van der Waals surface area contributed by atoms with Crippen molar-refractivity contribution < 1.29 is 18.7 Å². The van der Waals surface area contributed by atoms with Crippen molar-refractivity contribution in [2.24, 2.45) is 0 Å². The number of ether oxygens (including phenoxy) is 2. The van der Waals surface area contributed by atoms with Crippen molar-refractivity contribution >= 4 is 11.6 Å². The third kappa shape index (κ3) is 4.37. The summed E-state index contributed by atoms with van der Waals surface area (Å²) in [4.78, 5) is 12.9. The molecule has 0 fully saturated rings. The Morgan fingerprint density at radius 2 is 1.62 bits per heavy atom. The first kappa shape index (κ1) is 21.2. The van der Waals surface area contributed by atoms with Gasteiger partial charge in [-0.25, -0.2) is 0 Å². The van der Waals surface area contributed by atoms with Crippen LogP contribution in [-0.4, -0.2) is 20.1 Å². The number of aryl methyl sites for hydroxylation is 2. The summed E-state index contributed by atoms with van der Waals surface area (Å²) in [7, 11) is 3.23. The smallest absolute Gasteiger partial charge is 0.255 e. The molecule has 0 spiro atoms. The first-order valence-electron chi connectivity index (χ1n) is 10.3. The summed E-state index contributed by atoms with van der Waals surface area (Å²) in [5, 5.41) is 2.96. The predicted molar refractivity (Wildman–Crippen MR) is 127 cm³/mol. The molecule has 1 N–H and O–H groups in total. The van der Waals surface area contributed by atoms with E-state index in [4.69, 9.17) is 13.9 Å². The van der Waals surface area contributed by atoms with E-state index in [1.807, 2.05) is 80.6 Å². The van der Waals surface area contributed by atoms with Crippen LogP contribution in [-0.2, 0) is 0 Å². The normalized spacial score (nSPS) is 10.6. The van der Waals surface area contributed by atoms with E-state index in [1.165, 1.54) is 0 Å². The molecule has 0 aliphatic rings. The Kier molecular flexibility index (Phi) is 5.99. The number of carbonyl (C=O) groups is 1. The molecule has 0 atom stereocenters. The number of carbonyl (C=O) groups excluding carboxylic acids is 1. The Morgan fingerprint density at radius 3 is 2.28 bits per heavy atom. The standard InChI is InChI=1S/C27H25NO4/c1-17-14-25(32-18(17)2)19-8-10-22(11-9-19)28-27(29)21-7-5-6-20(15-21)24-13-12-23(30-3)16-26(24)31-4/h5-16H,1-4H3,(H,28,29). The second kappa shape index (κ2) is 9.02. The van der Waals surface area contributed by atoms with Crippen molar-refractivity contribution in [2.45, 2.75) is 13.8 Å². The minimum absolute atomic E-state index is 0.184. The van der Waals surface area contributed by atoms with E-state index in [0.717, 1.165) is 33.8 Å². The number of benzene rings is 3. The van der Waals surface area contributed by atoms with Crippen molar-refractivity contribution in [1.82, 2.24) is 0 Å². The Hall–Kier alpha value is -3.99. The topological polar surface area (TPSA) is 60.7 Å². The van der Waals surface area contributed by atoms with E-state index < -0.39 is 0 Å². The van der Waals surface area contributed by atoms with Gasteiger partial charge in [-0.1, -0.05) is 12.1 Å². The summed E-state index contributed by atoms with van der Waals surface area (Å²) in [6, 6.07) is 22.7. The summed E-state index contributed by atoms with van der Waals surface area (Å²) in [6.07, 6.45) is 0. The van der Waals surface area contributed by atoms with E-state index in [-0.39, 0.29) is 5.91 Å². The third-order valence-electron chi connectivity index (χ3n) is 5.44. The fourth-order valence-corrected chi connectivity index (χ4v) is 3.50. The largest absolute Gasteiger partial charge is 0.497 e. The molecule has 5 nitrogen and oxygen atoms in total. The quantitative estimate of drug-likeness (QED) is 0.382. The molecule has 5 heteroatoms. The highest BCUT2D eigenvalue weighted by molar-refractivity contribution is 6.05. The van der Waals surface area contributed by atoms with Gasteiger partial charge in [-0.15, -0.1) is 0 Å². The highest BCUT2D eigenvalue weighted by atomic mass is 16.5. The summed E-state index contributed by atoms with van der Waals surface area (Å²) >= 11 is 0. The number of nitrogens with one attached hydrogen (secondary N) is 1. The average molecular weight is 428 g/mol. The van der Waals surface area contributed by atoms with Gasteiger partial charge in [0, 0.05) is 28.4 Å². The zero-order chi connectivity index (χ0) is 22.7. The summed E-state index contributed by atoms with van der Waals surface area (Å²) in [5.41, 5.74) is 5.12. The van der Waals surface area contributed by atoms with Crippen molar-refractivity contribution in [3.63, 3.8) is 0 Å². The van der Waals surface area contributed by atoms with Gasteiger partial charge in [-0.2, -0.15) is 0 Å². The molecule has 1 aromatic heterocycles. The summed E-state index contributed by atoms with van der Waals surface area (Å²) < 4.78 is 16.5. The summed E-state index contributed by atoms with van der Waals surface area (Å²) in [6.45, 7) is 3.97. The molecule has 32 heavy (non-hydrogen) atoms. The lowest BCUT2D eigenvalue weighted by Gasteiger charge is -2.12. The van der Waals surface area contributed by atoms with Gasteiger partial charge in [0.15, 0.2) is 0 Å². The van der Waals surface area contributed by atoms with E-state index in [9.17, 15) is 4.79 Å². The van der Waals surface area contributed by atoms with Gasteiger partial charge in [0.05, 0.1) is 14.2 Å². The van der Waals surface area contributed by atoms with E-state index in [0.29, 0.717) is 22.7 Å². The molecule has 0 aliphatic carbocycles. The van der Waals surface area contributed by atoms with Crippen LogP contribution >= 0.6 is 0 Å². The monoisotopic (exact) mass is 427 g/mol. The van der Waals surface area contributed by atoms with Crippen LogP contribution in [0.4, 0.5) is 5.69 Å². The number of hydrogen-bond donors (Lipinski definition) is 1. The lowest BCUT2D eigenvalue weighted by molar-refractivity contribution is 0.102. The second-order valence-electron chi connectivity index (χ2n) is 7.53. The molecular weight excluding hydrogens is 402 g/mol. The van der Waals surface area contributed by atoms with Crippen LogP contribution in [0.1, 0.15) is 21.7 Å². The fraction of sp³-hybridized carbons (Fsp3) is 0.148. The fourth-order valence-electron chi connectivity index (χ4n) is 3.50. The van der Waals surface area contributed by atoms with Crippen LogP contribution in [0.15, 0.2) is 77.2 Å². The molecule has 0 bridgehead atoms. The number of methoxy groups -OCH3 is 2. The molecule has 1 amide bonds. The maximum Gasteiger partial charge on any atom is 0.255 e. The Labute approximate surface area is 187 Å². The van der Waals surface area contributed by atoms with Gasteiger partial charge in [0.2, 0.25) is 0 Å². The van der Waals surface area contributed by atoms with Crippen LogP contribution in [0.3, 0.4) is 0 Å². The average Bonchev–Trinajstić information content (AvgIpc) is 3.17. The highest BCUT2D eigenvalue weighted by Gasteiger charge is 2.12. The van der Waals surface area contributed by atoms with Gasteiger partial charge < -0.3 is 19.2 Å². The van der Waals surface area contributed by atoms with Crippen molar-refractivity contribution in [2.75, 3.05) is 19.5 Å². The van der Waals surface area contributed by atoms with Gasteiger partial charge in [0.25, 0.3) is 5.91 Å². The number of furan rings is 1. The minimum atomic E-state index is -0.184. The number of amides is 1. The van der Waals surface area contributed by atoms with E-state index in [2.05, 4.69) is 5.32 Å². The molecule has 3 aromatic carbocycles. The van der Waals surface area contributed by atoms with Crippen molar-refractivity contribution in [3.05, 3.63) is 89.7 Å². The second-order valence-corrected chi connectivity index (χ2v) is 7.53. The Morgan fingerprint density at radius 1 is 0.844 bits per heavy atom. The molecule has 0 saturated heterocycles. The van der Waals surface area contributed by atoms with Crippen molar-refractivity contribution in [3.8, 4) is 33.9 Å². The lowest BCUT2D eigenvalue weighted by atomic mass is 10.0. The molecule has 162 valence electrons. The number of hydrogen-bond acceptors (Lipinski definition) is 4. The Balaban J connectivity index is 1.53. The van der Waals surface area contributed by atoms with Crippen LogP contribution in [0.25, 0.3) is 22.5 Å².